The van der Waals surface area contributed by atoms with Crippen LogP contribution in [0.25, 0.3) is 0 Å². The van der Waals surface area contributed by atoms with Crippen molar-refractivity contribution in [1.82, 2.24) is 0 Å². The van der Waals surface area contributed by atoms with Gasteiger partial charge in [0.1, 0.15) is 22.2 Å². The van der Waals surface area contributed by atoms with E-state index in [1.807, 2.05) is 0 Å². The van der Waals surface area contributed by atoms with Gasteiger partial charge in [0.05, 0.1) is 13.2 Å². The molecule has 0 atom stereocenters. The molecule has 0 N–H and O–H groups in total. The van der Waals surface area contributed by atoms with Gasteiger partial charge in [-0.05, 0) is 31.9 Å². The second-order valence-corrected chi connectivity index (χ2v) is 4.47. The van der Waals surface area contributed by atoms with Crippen molar-refractivity contribution in [3.8, 4) is 0 Å². The molecule has 0 aliphatic heterocycles. The third-order valence-electron chi connectivity index (χ3n) is 1.59. The van der Waals surface area contributed by atoms with Crippen LogP contribution < -0.4 is 0 Å². The Morgan fingerprint density at radius 3 is 1.39 bits per heavy atom. The Morgan fingerprint density at radius 2 is 1.11 bits per heavy atom. The zero-order valence-electron chi connectivity index (χ0n) is 10.0. The number of hydrogen-bond acceptors (Lipinski definition) is 6. The van der Waals surface area contributed by atoms with Gasteiger partial charge in [-0.1, -0.05) is 0 Å². The van der Waals surface area contributed by atoms with Gasteiger partial charge >= 0.3 is 11.9 Å². The smallest absolute Gasteiger partial charge is 0.346 e. The minimum absolute atomic E-state index is 0.0407. The van der Waals surface area contributed by atoms with E-state index in [0.29, 0.717) is 0 Å². The molecule has 0 bridgehead atoms. The van der Waals surface area contributed by atoms with Crippen molar-refractivity contribution in [3.05, 3.63) is 8.96 Å². The Morgan fingerprint density at radius 1 is 0.778 bits per heavy atom. The summed E-state index contributed by atoms with van der Waals surface area (Å²) in [5, 5.41) is 0. The van der Waals surface area contributed by atoms with Gasteiger partial charge in [-0.15, -0.1) is 0 Å². The van der Waals surface area contributed by atoms with Gasteiger partial charge in [-0.3, -0.25) is 0 Å². The van der Waals surface area contributed by atoms with E-state index in [9.17, 15) is 9.59 Å². The Balaban J connectivity index is 4.30. The molecular weight excluding hydrogens is 376 g/mol. The number of hydrogen-bond donors (Lipinski definition) is 0. The van der Waals surface area contributed by atoms with Gasteiger partial charge < -0.3 is 18.9 Å². The van der Waals surface area contributed by atoms with Crippen molar-refractivity contribution in [3.63, 3.8) is 0 Å². The summed E-state index contributed by atoms with van der Waals surface area (Å²) >= 11 is 5.91. The lowest BCUT2D eigenvalue weighted by Crippen LogP contribution is -2.14. The highest BCUT2D eigenvalue weighted by Gasteiger charge is 2.19. The standard InChI is InChI=1S/C10H14Br2O6/c1-15-3-5-17-9(13)7(11)8(12)10(14)18-6-4-16-2/h3-6H2,1-2H3/b8-7+. The molecule has 0 amide bonds. The maximum atomic E-state index is 11.4. The summed E-state index contributed by atoms with van der Waals surface area (Å²) < 4.78 is 19.0. The SMILES string of the molecule is COCCOC(=O)/C(Br)=C(\Br)C(=O)OCCOC. The summed E-state index contributed by atoms with van der Waals surface area (Å²) in [7, 11) is 2.98. The summed E-state index contributed by atoms with van der Waals surface area (Å²) in [4.78, 5) is 22.9. The minimum atomic E-state index is -0.678. The van der Waals surface area contributed by atoms with E-state index >= 15 is 0 Å². The Hall–Kier alpha value is -0.440. The summed E-state index contributed by atoms with van der Waals surface area (Å²) in [6.07, 6.45) is 0. The number of rotatable bonds is 8. The second kappa shape index (κ2) is 10.5. The van der Waals surface area contributed by atoms with Crippen LogP contribution in [0.3, 0.4) is 0 Å². The van der Waals surface area contributed by atoms with Gasteiger partial charge in [0, 0.05) is 14.2 Å². The first-order chi connectivity index (χ1) is 8.54. The molecule has 104 valence electrons. The molecular formula is C10H14Br2O6. The van der Waals surface area contributed by atoms with Gasteiger partial charge in [0.25, 0.3) is 0 Å². The van der Waals surface area contributed by atoms with Gasteiger partial charge in [-0.25, -0.2) is 9.59 Å². The van der Waals surface area contributed by atoms with Gasteiger partial charge in [-0.2, -0.15) is 0 Å². The molecule has 0 aliphatic rings. The Labute approximate surface area is 122 Å². The Bertz CT molecular complexity index is 285. The fourth-order valence-electron chi connectivity index (χ4n) is 0.741. The highest BCUT2D eigenvalue weighted by Crippen LogP contribution is 2.20. The summed E-state index contributed by atoms with van der Waals surface area (Å²) in [6.45, 7) is 0.761. The van der Waals surface area contributed by atoms with Crippen LogP contribution >= 0.6 is 31.9 Å². The molecule has 0 aromatic carbocycles. The number of carbonyl (C=O) groups excluding carboxylic acids is 2. The molecule has 6 nitrogen and oxygen atoms in total. The highest BCUT2D eigenvalue weighted by molar-refractivity contribution is 9.14. The molecule has 0 radical (unpaired) electrons. The van der Waals surface area contributed by atoms with Crippen LogP contribution in [0, 0.1) is 0 Å². The van der Waals surface area contributed by atoms with Crippen molar-refractivity contribution in [2.45, 2.75) is 0 Å². The van der Waals surface area contributed by atoms with Crippen molar-refractivity contribution >= 4 is 43.8 Å². The number of halogens is 2. The third-order valence-corrected chi connectivity index (χ3v) is 3.56. The van der Waals surface area contributed by atoms with Crippen molar-refractivity contribution in [1.29, 1.82) is 0 Å². The predicted molar refractivity (Wildman–Crippen MR) is 70.6 cm³/mol. The first kappa shape index (κ1) is 17.6. The monoisotopic (exact) mass is 388 g/mol. The molecule has 0 aromatic heterocycles. The zero-order valence-corrected chi connectivity index (χ0v) is 13.2. The van der Waals surface area contributed by atoms with Crippen molar-refractivity contribution < 1.29 is 28.5 Å². The van der Waals surface area contributed by atoms with E-state index in [1.54, 1.807) is 0 Å². The van der Waals surface area contributed by atoms with E-state index < -0.39 is 11.9 Å². The first-order valence-electron chi connectivity index (χ1n) is 4.92. The summed E-state index contributed by atoms with van der Waals surface area (Å²) in [5.74, 6) is -1.36. The van der Waals surface area contributed by atoms with E-state index in [2.05, 4.69) is 31.9 Å². The lowest BCUT2D eigenvalue weighted by molar-refractivity contribution is -0.142. The van der Waals surface area contributed by atoms with Crippen LogP contribution in [-0.4, -0.2) is 52.6 Å². The first-order valence-corrected chi connectivity index (χ1v) is 6.50. The van der Waals surface area contributed by atoms with Crippen LogP contribution in [0.5, 0.6) is 0 Å². The van der Waals surface area contributed by atoms with Crippen molar-refractivity contribution in [2.75, 3.05) is 40.6 Å². The molecule has 0 fully saturated rings. The number of ether oxygens (including phenoxy) is 4. The average Bonchev–Trinajstić information content (AvgIpc) is 2.37. The van der Waals surface area contributed by atoms with Crippen molar-refractivity contribution in [2.24, 2.45) is 0 Å². The summed E-state index contributed by atoms with van der Waals surface area (Å²) in [6, 6.07) is 0. The topological polar surface area (TPSA) is 71.1 Å². The fraction of sp³-hybridized carbons (Fsp3) is 0.600. The molecule has 8 heteroatoms. The molecule has 0 aliphatic carbocycles. The quantitative estimate of drug-likeness (QED) is 0.354. The normalized spacial score (nSPS) is 11.8. The van der Waals surface area contributed by atoms with E-state index in [-0.39, 0.29) is 35.4 Å². The van der Waals surface area contributed by atoms with Crippen LogP contribution in [0.4, 0.5) is 0 Å². The highest BCUT2D eigenvalue weighted by atomic mass is 79.9. The maximum Gasteiger partial charge on any atom is 0.346 e. The number of methoxy groups -OCH3 is 2. The largest absolute Gasteiger partial charge is 0.459 e. The molecule has 0 saturated carbocycles. The van der Waals surface area contributed by atoms with E-state index in [0.717, 1.165) is 0 Å². The predicted octanol–water partition coefficient (Wildman–Crippen LogP) is 1.37. The fourth-order valence-corrected chi connectivity index (χ4v) is 1.29. The molecule has 0 unspecified atom stereocenters. The van der Waals surface area contributed by atoms with Crippen LogP contribution in [0.15, 0.2) is 8.96 Å². The average molecular weight is 390 g/mol. The van der Waals surface area contributed by atoms with Crippen LogP contribution in [-0.2, 0) is 28.5 Å². The molecule has 0 rings (SSSR count). The number of carbonyl (C=O) groups is 2. The Kier molecular flexibility index (Phi) is 10.2. The molecule has 0 heterocycles. The minimum Gasteiger partial charge on any atom is -0.459 e. The lowest BCUT2D eigenvalue weighted by atomic mass is 10.5. The lowest BCUT2D eigenvalue weighted by Gasteiger charge is -2.06. The summed E-state index contributed by atoms with van der Waals surface area (Å²) in [5.41, 5.74) is 0. The molecule has 0 spiro atoms. The van der Waals surface area contributed by atoms with E-state index in [4.69, 9.17) is 18.9 Å². The molecule has 0 saturated heterocycles. The van der Waals surface area contributed by atoms with E-state index in [1.165, 1.54) is 14.2 Å². The van der Waals surface area contributed by atoms with Crippen LogP contribution in [0.1, 0.15) is 0 Å². The molecule has 0 aromatic rings. The second-order valence-electron chi connectivity index (χ2n) is 2.89. The molecule has 18 heavy (non-hydrogen) atoms. The van der Waals surface area contributed by atoms with Gasteiger partial charge in [0.15, 0.2) is 0 Å². The third kappa shape index (κ3) is 7.10. The number of esters is 2. The van der Waals surface area contributed by atoms with Crippen LogP contribution in [0.2, 0.25) is 0 Å². The van der Waals surface area contributed by atoms with Gasteiger partial charge in [0.2, 0.25) is 0 Å². The maximum absolute atomic E-state index is 11.4. The zero-order chi connectivity index (χ0) is 14.0.